The van der Waals surface area contributed by atoms with E-state index >= 15 is 0 Å². The van der Waals surface area contributed by atoms with Crippen molar-refractivity contribution in [2.24, 2.45) is 0 Å². The molecule has 0 fully saturated rings. The van der Waals surface area contributed by atoms with Gasteiger partial charge in [-0.3, -0.25) is 4.98 Å². The number of aliphatic hydroxyl groups is 1. The average Bonchev–Trinajstić information content (AvgIpc) is 2.66. The Kier molecular flexibility index (Phi) is 5.31. The molecule has 4 heteroatoms. The van der Waals surface area contributed by atoms with E-state index in [1.165, 1.54) is 0 Å². The van der Waals surface area contributed by atoms with E-state index in [0.29, 0.717) is 19.0 Å². The van der Waals surface area contributed by atoms with Gasteiger partial charge in [0, 0.05) is 17.1 Å². The third kappa shape index (κ3) is 3.98. The molecule has 0 atom stereocenters. The molecule has 0 radical (unpaired) electrons. The van der Waals surface area contributed by atoms with Gasteiger partial charge in [-0.2, -0.15) is 0 Å². The van der Waals surface area contributed by atoms with Gasteiger partial charge in [0.05, 0.1) is 18.7 Å². The van der Waals surface area contributed by atoms with Gasteiger partial charge in [-0.15, -0.1) is 0 Å². The van der Waals surface area contributed by atoms with E-state index < -0.39 is 0 Å². The number of aliphatic hydroxyl groups excluding tert-OH is 1. The molecular weight excluding hydrogens is 314 g/mol. The number of benzene rings is 2. The first kappa shape index (κ1) is 17.0. The highest BCUT2D eigenvalue weighted by atomic mass is 16.5. The minimum absolute atomic E-state index is 0.0471. The molecule has 25 heavy (non-hydrogen) atoms. The maximum absolute atomic E-state index is 9.10. The van der Waals surface area contributed by atoms with Crippen molar-refractivity contribution >= 4 is 16.7 Å². The SMILES string of the molecule is C=C(OCC)c1ccc2c(OCc3ccc(CO)cc3)ccnc2c1. The molecule has 2 aromatic carbocycles. The van der Waals surface area contributed by atoms with Crippen molar-refractivity contribution in [2.75, 3.05) is 6.61 Å². The number of fused-ring (bicyclic) bond motifs is 1. The normalized spacial score (nSPS) is 10.6. The fourth-order valence-corrected chi connectivity index (χ4v) is 2.58. The van der Waals surface area contributed by atoms with E-state index in [4.69, 9.17) is 14.6 Å². The van der Waals surface area contributed by atoms with Crippen LogP contribution in [0, 0.1) is 0 Å². The van der Waals surface area contributed by atoms with E-state index in [-0.39, 0.29) is 6.61 Å². The summed E-state index contributed by atoms with van der Waals surface area (Å²) in [5.74, 6) is 1.42. The summed E-state index contributed by atoms with van der Waals surface area (Å²) in [6.07, 6.45) is 1.74. The molecular formula is C21H21NO3. The van der Waals surface area contributed by atoms with E-state index in [0.717, 1.165) is 33.3 Å². The number of hydrogen-bond donors (Lipinski definition) is 1. The number of hydrogen-bond acceptors (Lipinski definition) is 4. The molecule has 0 saturated heterocycles. The predicted octanol–water partition coefficient (Wildman–Crippen LogP) is 4.31. The first-order valence-electron chi connectivity index (χ1n) is 8.23. The molecule has 1 aromatic heterocycles. The first-order valence-corrected chi connectivity index (χ1v) is 8.23. The lowest BCUT2D eigenvalue weighted by molar-refractivity contribution is 0.281. The molecule has 4 nitrogen and oxygen atoms in total. The second-order valence-electron chi connectivity index (χ2n) is 5.66. The van der Waals surface area contributed by atoms with Gasteiger partial charge in [0.1, 0.15) is 18.1 Å². The maximum atomic E-state index is 9.10. The predicted molar refractivity (Wildman–Crippen MR) is 99.1 cm³/mol. The van der Waals surface area contributed by atoms with Crippen LogP contribution in [0.5, 0.6) is 5.75 Å². The fourth-order valence-electron chi connectivity index (χ4n) is 2.58. The molecule has 0 saturated carbocycles. The smallest absolute Gasteiger partial charge is 0.130 e. The summed E-state index contributed by atoms with van der Waals surface area (Å²) in [5, 5.41) is 10.0. The van der Waals surface area contributed by atoms with Crippen LogP contribution in [0.25, 0.3) is 16.7 Å². The quantitative estimate of drug-likeness (QED) is 0.654. The Balaban J connectivity index is 1.80. The van der Waals surface area contributed by atoms with Crippen LogP contribution in [-0.2, 0) is 18.0 Å². The van der Waals surface area contributed by atoms with Crippen molar-refractivity contribution in [3.8, 4) is 5.75 Å². The third-order valence-electron chi connectivity index (χ3n) is 3.94. The minimum atomic E-state index is 0.0471. The Hall–Kier alpha value is -2.85. The van der Waals surface area contributed by atoms with Gasteiger partial charge in [0.15, 0.2) is 0 Å². The highest BCUT2D eigenvalue weighted by Gasteiger charge is 2.07. The summed E-state index contributed by atoms with van der Waals surface area (Å²) in [6.45, 7) is 6.96. The number of aromatic nitrogens is 1. The molecule has 0 amide bonds. The molecule has 3 rings (SSSR count). The van der Waals surface area contributed by atoms with Crippen LogP contribution < -0.4 is 4.74 Å². The fraction of sp³-hybridized carbons (Fsp3) is 0.190. The van der Waals surface area contributed by atoms with Crippen LogP contribution in [0.3, 0.4) is 0 Å². The summed E-state index contributed by atoms with van der Waals surface area (Å²) < 4.78 is 11.4. The van der Waals surface area contributed by atoms with E-state index in [1.54, 1.807) is 6.20 Å². The highest BCUT2D eigenvalue weighted by molar-refractivity contribution is 5.87. The second-order valence-corrected chi connectivity index (χ2v) is 5.66. The Morgan fingerprint density at radius 3 is 2.56 bits per heavy atom. The third-order valence-corrected chi connectivity index (χ3v) is 3.94. The maximum Gasteiger partial charge on any atom is 0.130 e. The molecule has 0 aliphatic rings. The molecule has 0 aliphatic carbocycles. The van der Waals surface area contributed by atoms with Crippen LogP contribution in [0.15, 0.2) is 61.3 Å². The number of ether oxygens (including phenoxy) is 2. The molecule has 1 N–H and O–H groups in total. The number of rotatable bonds is 7. The van der Waals surface area contributed by atoms with Gasteiger partial charge < -0.3 is 14.6 Å². The molecule has 0 aliphatic heterocycles. The molecule has 0 bridgehead atoms. The van der Waals surface area contributed by atoms with Crippen molar-refractivity contribution in [2.45, 2.75) is 20.1 Å². The zero-order chi connectivity index (χ0) is 17.6. The number of nitrogens with zero attached hydrogens (tertiary/aromatic N) is 1. The molecule has 0 unspecified atom stereocenters. The van der Waals surface area contributed by atoms with Crippen LogP contribution in [0.2, 0.25) is 0 Å². The van der Waals surface area contributed by atoms with Crippen LogP contribution in [-0.4, -0.2) is 16.7 Å². The van der Waals surface area contributed by atoms with Crippen molar-refractivity contribution in [3.63, 3.8) is 0 Å². The van der Waals surface area contributed by atoms with Crippen LogP contribution in [0.1, 0.15) is 23.6 Å². The Morgan fingerprint density at radius 1 is 1.08 bits per heavy atom. The summed E-state index contributed by atoms with van der Waals surface area (Å²) in [5.41, 5.74) is 3.69. The second kappa shape index (κ2) is 7.81. The lowest BCUT2D eigenvalue weighted by atomic mass is 10.1. The van der Waals surface area contributed by atoms with Crippen LogP contribution in [0.4, 0.5) is 0 Å². The summed E-state index contributed by atoms with van der Waals surface area (Å²) in [6, 6.07) is 15.5. The molecule has 3 aromatic rings. The minimum Gasteiger partial charge on any atom is -0.494 e. The average molecular weight is 335 g/mol. The van der Waals surface area contributed by atoms with Crippen molar-refractivity contribution in [1.82, 2.24) is 4.98 Å². The molecule has 1 heterocycles. The van der Waals surface area contributed by atoms with Crippen molar-refractivity contribution in [1.29, 1.82) is 0 Å². The van der Waals surface area contributed by atoms with Gasteiger partial charge in [-0.25, -0.2) is 0 Å². The van der Waals surface area contributed by atoms with Gasteiger partial charge in [-0.1, -0.05) is 36.9 Å². The Bertz CT molecular complexity index is 872. The molecule has 0 spiro atoms. The Labute approximate surface area is 147 Å². The van der Waals surface area contributed by atoms with Gasteiger partial charge in [0.25, 0.3) is 0 Å². The lowest BCUT2D eigenvalue weighted by Gasteiger charge is -2.11. The largest absolute Gasteiger partial charge is 0.494 e. The first-order chi connectivity index (χ1) is 12.2. The summed E-state index contributed by atoms with van der Waals surface area (Å²) in [4.78, 5) is 4.42. The zero-order valence-corrected chi connectivity index (χ0v) is 14.2. The Morgan fingerprint density at radius 2 is 1.84 bits per heavy atom. The van der Waals surface area contributed by atoms with E-state index in [2.05, 4.69) is 11.6 Å². The van der Waals surface area contributed by atoms with E-state index in [1.807, 2.05) is 55.5 Å². The lowest BCUT2D eigenvalue weighted by Crippen LogP contribution is -1.97. The molecule has 128 valence electrons. The monoisotopic (exact) mass is 335 g/mol. The summed E-state index contributed by atoms with van der Waals surface area (Å²) >= 11 is 0. The zero-order valence-electron chi connectivity index (χ0n) is 14.2. The van der Waals surface area contributed by atoms with Gasteiger partial charge in [-0.05, 0) is 36.2 Å². The number of pyridine rings is 1. The van der Waals surface area contributed by atoms with Gasteiger partial charge >= 0.3 is 0 Å². The van der Waals surface area contributed by atoms with Crippen molar-refractivity contribution < 1.29 is 14.6 Å². The van der Waals surface area contributed by atoms with E-state index in [9.17, 15) is 0 Å². The topological polar surface area (TPSA) is 51.6 Å². The van der Waals surface area contributed by atoms with Crippen molar-refractivity contribution in [3.05, 3.63) is 78.0 Å². The summed E-state index contributed by atoms with van der Waals surface area (Å²) in [7, 11) is 0. The highest BCUT2D eigenvalue weighted by Crippen LogP contribution is 2.27. The standard InChI is InChI=1S/C21H21NO3/c1-3-24-15(2)18-8-9-19-20(12-18)22-11-10-21(19)25-14-17-6-4-16(13-23)5-7-17/h4-12,23H,2-3,13-14H2,1H3. The van der Waals surface area contributed by atoms with Gasteiger partial charge in [0.2, 0.25) is 0 Å². The van der Waals surface area contributed by atoms with Crippen LogP contribution >= 0.6 is 0 Å².